The first-order valence-electron chi connectivity index (χ1n) is 10.7. The second-order valence-corrected chi connectivity index (χ2v) is 8.46. The van der Waals surface area contributed by atoms with E-state index in [9.17, 15) is 9.59 Å². The molecule has 2 amide bonds. The minimum atomic E-state index is -0.132. The summed E-state index contributed by atoms with van der Waals surface area (Å²) in [5, 5.41) is 7.76. The van der Waals surface area contributed by atoms with Crippen LogP contribution >= 0.6 is 0 Å². The molecule has 2 aliphatic heterocycles. The highest BCUT2D eigenvalue weighted by atomic mass is 16.3. The number of furan rings is 1. The lowest BCUT2D eigenvalue weighted by Crippen LogP contribution is -2.69. The van der Waals surface area contributed by atoms with E-state index in [0.717, 1.165) is 48.9 Å². The van der Waals surface area contributed by atoms with Crippen molar-refractivity contribution in [1.29, 1.82) is 0 Å². The average molecular weight is 396 g/mol. The molecule has 2 N–H and O–H groups in total. The molecule has 3 aliphatic rings. The molecule has 29 heavy (non-hydrogen) atoms. The van der Waals surface area contributed by atoms with Crippen LogP contribution in [0.2, 0.25) is 0 Å². The van der Waals surface area contributed by atoms with Crippen LogP contribution in [0.15, 0.2) is 28.7 Å². The first kappa shape index (κ1) is 18.6. The van der Waals surface area contributed by atoms with E-state index < -0.39 is 0 Å². The molecule has 7 nitrogen and oxygen atoms in total. The number of nitrogens with zero attached hydrogens (tertiary/aromatic N) is 2. The smallest absolute Gasteiger partial charge is 0.289 e. The molecule has 154 valence electrons. The zero-order valence-electron chi connectivity index (χ0n) is 16.8. The molecule has 7 heteroatoms. The fourth-order valence-electron chi connectivity index (χ4n) is 5.03. The first-order valence-corrected chi connectivity index (χ1v) is 10.7. The van der Waals surface area contributed by atoms with Crippen molar-refractivity contribution in [3.05, 3.63) is 35.6 Å². The summed E-state index contributed by atoms with van der Waals surface area (Å²) in [4.78, 5) is 29.6. The van der Waals surface area contributed by atoms with Gasteiger partial charge in [-0.2, -0.15) is 0 Å². The molecule has 3 unspecified atom stereocenters. The number of hydrogen-bond donors (Lipinski definition) is 2. The van der Waals surface area contributed by atoms with Crippen molar-refractivity contribution in [3.8, 4) is 0 Å². The number of fused-ring (bicyclic) bond motifs is 2. The Labute approximate surface area is 170 Å². The second kappa shape index (κ2) is 7.46. The molecule has 2 aromatic rings. The van der Waals surface area contributed by atoms with Gasteiger partial charge in [-0.15, -0.1) is 0 Å². The van der Waals surface area contributed by atoms with Gasteiger partial charge in [-0.05, 0) is 25.8 Å². The number of aryl methyl sites for hydroxylation is 1. The molecular weight excluding hydrogens is 368 g/mol. The normalized spacial score (nSPS) is 28.2. The minimum Gasteiger partial charge on any atom is -0.451 e. The van der Waals surface area contributed by atoms with Crippen LogP contribution in [0.4, 0.5) is 0 Å². The SMILES string of the molecule is Cc1c(C(=O)N2CCN(C3NC(=O)C4CCCCC4N3)CC2)oc2ccccc12. The van der Waals surface area contributed by atoms with Crippen molar-refractivity contribution in [1.82, 2.24) is 20.4 Å². The zero-order valence-corrected chi connectivity index (χ0v) is 16.8. The fourth-order valence-corrected chi connectivity index (χ4v) is 5.03. The molecule has 2 saturated heterocycles. The molecule has 0 bridgehead atoms. The summed E-state index contributed by atoms with van der Waals surface area (Å²) < 4.78 is 5.86. The summed E-state index contributed by atoms with van der Waals surface area (Å²) in [6.45, 7) is 4.63. The second-order valence-electron chi connectivity index (χ2n) is 8.46. The van der Waals surface area contributed by atoms with Crippen LogP contribution in [0.25, 0.3) is 11.0 Å². The predicted molar refractivity (Wildman–Crippen MR) is 109 cm³/mol. The predicted octanol–water partition coefficient (Wildman–Crippen LogP) is 2.06. The Morgan fingerprint density at radius 2 is 1.86 bits per heavy atom. The molecular formula is C22H28N4O3. The Bertz CT molecular complexity index is 931. The lowest BCUT2D eigenvalue weighted by Gasteiger charge is -2.46. The van der Waals surface area contributed by atoms with E-state index in [-0.39, 0.29) is 30.1 Å². The topological polar surface area (TPSA) is 77.8 Å². The van der Waals surface area contributed by atoms with Crippen molar-refractivity contribution < 1.29 is 14.0 Å². The highest BCUT2D eigenvalue weighted by Gasteiger charge is 2.40. The Hall–Kier alpha value is -2.38. The monoisotopic (exact) mass is 396 g/mol. The van der Waals surface area contributed by atoms with Gasteiger partial charge in [-0.3, -0.25) is 19.8 Å². The lowest BCUT2D eigenvalue weighted by molar-refractivity contribution is -0.134. The summed E-state index contributed by atoms with van der Waals surface area (Å²) in [5.74, 6) is 0.675. The molecule has 1 aromatic carbocycles. The van der Waals surface area contributed by atoms with Gasteiger partial charge < -0.3 is 14.6 Å². The number of para-hydroxylation sites is 1. The largest absolute Gasteiger partial charge is 0.451 e. The van der Waals surface area contributed by atoms with Gasteiger partial charge in [-0.25, -0.2) is 0 Å². The van der Waals surface area contributed by atoms with Gasteiger partial charge in [-0.1, -0.05) is 31.0 Å². The number of amides is 2. The Kier molecular flexibility index (Phi) is 4.80. The van der Waals surface area contributed by atoms with Crippen LogP contribution in [0.1, 0.15) is 41.8 Å². The Balaban J connectivity index is 1.24. The van der Waals surface area contributed by atoms with Crippen molar-refractivity contribution in [3.63, 3.8) is 0 Å². The summed E-state index contributed by atoms with van der Waals surface area (Å²) in [6, 6.07) is 8.03. The van der Waals surface area contributed by atoms with E-state index >= 15 is 0 Å². The van der Waals surface area contributed by atoms with Crippen molar-refractivity contribution >= 4 is 22.8 Å². The molecule has 1 aromatic heterocycles. The fraction of sp³-hybridized carbons (Fsp3) is 0.545. The van der Waals surface area contributed by atoms with Crippen molar-refractivity contribution in [2.45, 2.75) is 44.9 Å². The maximum Gasteiger partial charge on any atom is 0.289 e. The van der Waals surface area contributed by atoms with Gasteiger partial charge >= 0.3 is 0 Å². The molecule has 0 radical (unpaired) electrons. The van der Waals surface area contributed by atoms with E-state index in [1.807, 2.05) is 36.1 Å². The van der Waals surface area contributed by atoms with Crippen LogP contribution in [-0.2, 0) is 4.79 Å². The van der Waals surface area contributed by atoms with Crippen LogP contribution in [0.3, 0.4) is 0 Å². The number of nitrogens with one attached hydrogen (secondary N) is 2. The van der Waals surface area contributed by atoms with E-state index in [2.05, 4.69) is 15.5 Å². The number of carbonyl (C=O) groups excluding carboxylic acids is 2. The maximum absolute atomic E-state index is 13.0. The van der Waals surface area contributed by atoms with Gasteiger partial charge in [0.15, 0.2) is 5.76 Å². The number of rotatable bonds is 2. The first-order chi connectivity index (χ1) is 14.1. The van der Waals surface area contributed by atoms with Crippen LogP contribution in [0, 0.1) is 12.8 Å². The average Bonchev–Trinajstić information content (AvgIpc) is 3.10. The quantitative estimate of drug-likeness (QED) is 0.813. The van der Waals surface area contributed by atoms with E-state index in [4.69, 9.17) is 4.42 Å². The van der Waals surface area contributed by atoms with E-state index in [1.54, 1.807) is 0 Å². The van der Waals surface area contributed by atoms with Crippen molar-refractivity contribution in [2.75, 3.05) is 26.2 Å². The number of hydrogen-bond acceptors (Lipinski definition) is 5. The zero-order chi connectivity index (χ0) is 20.0. The standard InChI is InChI=1S/C22H28N4O3/c1-14-15-6-3-5-9-18(15)29-19(14)21(28)25-10-12-26(13-11-25)22-23-17-8-4-2-7-16(17)20(27)24-22/h3,5-6,9,16-17,22-23H,2,4,7-8,10-13H2,1H3,(H,24,27). The van der Waals surface area contributed by atoms with Gasteiger partial charge in [0, 0.05) is 43.2 Å². The highest BCUT2D eigenvalue weighted by Crippen LogP contribution is 2.28. The van der Waals surface area contributed by atoms with E-state index in [0.29, 0.717) is 18.8 Å². The molecule has 0 spiro atoms. The third-order valence-electron chi connectivity index (χ3n) is 6.76. The van der Waals surface area contributed by atoms with Gasteiger partial charge in [0.25, 0.3) is 5.91 Å². The number of benzene rings is 1. The van der Waals surface area contributed by atoms with Crippen LogP contribution < -0.4 is 10.6 Å². The molecule has 5 rings (SSSR count). The van der Waals surface area contributed by atoms with Crippen molar-refractivity contribution in [2.24, 2.45) is 5.92 Å². The van der Waals surface area contributed by atoms with Gasteiger partial charge in [0.1, 0.15) is 11.9 Å². The Morgan fingerprint density at radius 3 is 2.66 bits per heavy atom. The van der Waals surface area contributed by atoms with Gasteiger partial charge in [0.05, 0.1) is 5.92 Å². The number of piperazine rings is 1. The molecule has 1 aliphatic carbocycles. The number of carbonyl (C=O) groups is 2. The molecule has 3 atom stereocenters. The summed E-state index contributed by atoms with van der Waals surface area (Å²) in [7, 11) is 0. The third-order valence-corrected chi connectivity index (χ3v) is 6.76. The highest BCUT2D eigenvalue weighted by molar-refractivity contribution is 5.99. The molecule has 3 heterocycles. The summed E-state index contributed by atoms with van der Waals surface area (Å²) >= 11 is 0. The van der Waals surface area contributed by atoms with Crippen LogP contribution in [-0.4, -0.2) is 60.1 Å². The van der Waals surface area contributed by atoms with E-state index in [1.165, 1.54) is 6.42 Å². The third kappa shape index (κ3) is 3.32. The minimum absolute atomic E-state index is 0.0497. The lowest BCUT2D eigenvalue weighted by atomic mass is 9.82. The maximum atomic E-state index is 13.0. The molecule has 3 fully saturated rings. The summed E-state index contributed by atoms with van der Waals surface area (Å²) in [6.07, 6.45) is 4.25. The van der Waals surface area contributed by atoms with Gasteiger partial charge in [0.2, 0.25) is 5.91 Å². The van der Waals surface area contributed by atoms with Crippen LogP contribution in [0.5, 0.6) is 0 Å². The summed E-state index contributed by atoms with van der Waals surface area (Å²) in [5.41, 5.74) is 1.65. The molecule has 1 saturated carbocycles. The Morgan fingerprint density at radius 1 is 1.10 bits per heavy atom.